The highest BCUT2D eigenvalue weighted by atomic mass is 16.4. The first-order valence-electron chi connectivity index (χ1n) is 5.26. The summed E-state index contributed by atoms with van der Waals surface area (Å²) in [6, 6.07) is 8.25. The quantitative estimate of drug-likeness (QED) is 0.829. The molecule has 90 valence electrons. The number of nitrogens with zero attached hydrogens (tertiary/aromatic N) is 3. The predicted octanol–water partition coefficient (Wildman–Crippen LogP) is 1.34. The molecule has 6 nitrogen and oxygen atoms in total. The molecule has 0 spiro atoms. The number of benzene rings is 1. The van der Waals surface area contributed by atoms with E-state index in [1.54, 1.807) is 0 Å². The molecule has 0 bridgehead atoms. The van der Waals surface area contributed by atoms with Crippen LogP contribution < -0.4 is 16.0 Å². The fourth-order valence-electron chi connectivity index (χ4n) is 1.35. The van der Waals surface area contributed by atoms with Crippen molar-refractivity contribution in [2.24, 2.45) is 5.73 Å². The Kier molecular flexibility index (Phi) is 3.24. The molecule has 0 saturated carbocycles. The van der Waals surface area contributed by atoms with E-state index in [2.05, 4.69) is 15.5 Å². The number of rotatable bonds is 4. The largest absolute Gasteiger partial charge is 0.406 e. The molecule has 6 heteroatoms. The Morgan fingerprint density at radius 2 is 1.94 bits per heavy atom. The molecule has 0 saturated heterocycles. The van der Waals surface area contributed by atoms with Gasteiger partial charge in [-0.1, -0.05) is 5.10 Å². The van der Waals surface area contributed by atoms with E-state index in [0.29, 0.717) is 11.9 Å². The Balaban J connectivity index is 2.08. The molecule has 2 aromatic rings. The first-order chi connectivity index (χ1) is 8.19. The minimum Gasteiger partial charge on any atom is -0.406 e. The van der Waals surface area contributed by atoms with Crippen LogP contribution in [-0.4, -0.2) is 24.3 Å². The molecular weight excluding hydrogens is 218 g/mol. The van der Waals surface area contributed by atoms with Crippen molar-refractivity contribution in [2.45, 2.75) is 6.54 Å². The summed E-state index contributed by atoms with van der Waals surface area (Å²) in [4.78, 5) is 2.03. The van der Waals surface area contributed by atoms with Crippen LogP contribution in [0.4, 0.5) is 17.4 Å². The first kappa shape index (κ1) is 11.4. The molecule has 0 amide bonds. The molecule has 0 radical (unpaired) electrons. The zero-order valence-electron chi connectivity index (χ0n) is 9.84. The van der Waals surface area contributed by atoms with E-state index in [1.165, 1.54) is 0 Å². The minimum absolute atomic E-state index is 0.244. The summed E-state index contributed by atoms with van der Waals surface area (Å²) >= 11 is 0. The van der Waals surface area contributed by atoms with Crippen LogP contribution in [0.15, 0.2) is 28.7 Å². The average Bonchev–Trinajstić information content (AvgIpc) is 2.77. The van der Waals surface area contributed by atoms with E-state index in [4.69, 9.17) is 10.2 Å². The van der Waals surface area contributed by atoms with Crippen LogP contribution in [0.1, 0.15) is 5.89 Å². The molecule has 0 fully saturated rings. The van der Waals surface area contributed by atoms with E-state index in [1.807, 2.05) is 43.3 Å². The number of nitrogens with two attached hydrogens (primary N) is 1. The second-order valence-corrected chi connectivity index (χ2v) is 3.77. The summed E-state index contributed by atoms with van der Waals surface area (Å²) in [6.07, 6.45) is 0. The maximum Gasteiger partial charge on any atom is 0.320 e. The van der Waals surface area contributed by atoms with Gasteiger partial charge in [0.05, 0.1) is 6.54 Å². The van der Waals surface area contributed by atoms with Gasteiger partial charge in [0, 0.05) is 25.5 Å². The fourth-order valence-corrected chi connectivity index (χ4v) is 1.35. The zero-order valence-corrected chi connectivity index (χ0v) is 9.84. The Morgan fingerprint density at radius 1 is 1.24 bits per heavy atom. The predicted molar refractivity (Wildman–Crippen MR) is 66.2 cm³/mol. The highest BCUT2D eigenvalue weighted by Crippen LogP contribution is 2.19. The van der Waals surface area contributed by atoms with Gasteiger partial charge in [-0.15, -0.1) is 5.10 Å². The standard InChI is InChI=1S/C11H15N5O/c1-16(2)9-5-3-8(4-6-9)13-11-15-14-10(7-12)17-11/h3-6H,7,12H2,1-2H3,(H,13,15). The molecular formula is C11H15N5O. The van der Waals surface area contributed by atoms with Crippen molar-refractivity contribution in [1.29, 1.82) is 0 Å². The minimum atomic E-state index is 0.244. The normalized spacial score (nSPS) is 10.3. The highest BCUT2D eigenvalue weighted by Gasteiger charge is 2.04. The van der Waals surface area contributed by atoms with Gasteiger partial charge in [0.25, 0.3) is 0 Å². The van der Waals surface area contributed by atoms with Crippen molar-refractivity contribution in [2.75, 3.05) is 24.3 Å². The number of aromatic nitrogens is 2. The number of anilines is 3. The van der Waals surface area contributed by atoms with Crippen LogP contribution in [0.25, 0.3) is 0 Å². The van der Waals surface area contributed by atoms with Gasteiger partial charge >= 0.3 is 6.01 Å². The van der Waals surface area contributed by atoms with Crippen LogP contribution in [0, 0.1) is 0 Å². The SMILES string of the molecule is CN(C)c1ccc(Nc2nnc(CN)o2)cc1. The van der Waals surface area contributed by atoms with Crippen LogP contribution in [-0.2, 0) is 6.54 Å². The lowest BCUT2D eigenvalue weighted by Gasteiger charge is -2.12. The number of hydrogen-bond acceptors (Lipinski definition) is 6. The van der Waals surface area contributed by atoms with E-state index in [9.17, 15) is 0 Å². The van der Waals surface area contributed by atoms with Gasteiger partial charge in [-0.2, -0.15) is 0 Å². The summed E-state index contributed by atoms with van der Waals surface area (Å²) in [5.41, 5.74) is 7.40. The zero-order chi connectivity index (χ0) is 12.3. The second-order valence-electron chi connectivity index (χ2n) is 3.77. The monoisotopic (exact) mass is 233 g/mol. The van der Waals surface area contributed by atoms with Crippen LogP contribution in [0.2, 0.25) is 0 Å². The molecule has 17 heavy (non-hydrogen) atoms. The van der Waals surface area contributed by atoms with Crippen molar-refractivity contribution in [3.8, 4) is 0 Å². The maximum atomic E-state index is 5.38. The summed E-state index contributed by atoms with van der Waals surface area (Å²) < 4.78 is 5.25. The smallest absolute Gasteiger partial charge is 0.320 e. The molecule has 1 aromatic heterocycles. The van der Waals surface area contributed by atoms with Gasteiger partial charge in [-0.3, -0.25) is 0 Å². The molecule has 3 N–H and O–H groups in total. The summed E-state index contributed by atoms with van der Waals surface area (Å²) in [5.74, 6) is 0.414. The Bertz CT molecular complexity index is 477. The van der Waals surface area contributed by atoms with Crippen molar-refractivity contribution in [3.63, 3.8) is 0 Å². The summed E-state index contributed by atoms with van der Waals surface area (Å²) in [7, 11) is 3.99. The third-order valence-electron chi connectivity index (χ3n) is 2.28. The van der Waals surface area contributed by atoms with E-state index >= 15 is 0 Å². The first-order valence-corrected chi connectivity index (χ1v) is 5.26. The average molecular weight is 233 g/mol. The van der Waals surface area contributed by atoms with Gasteiger partial charge in [0.15, 0.2) is 0 Å². The molecule has 2 rings (SSSR count). The van der Waals surface area contributed by atoms with Gasteiger partial charge < -0.3 is 20.4 Å². The lowest BCUT2D eigenvalue weighted by molar-refractivity contribution is 0.511. The summed E-state index contributed by atoms with van der Waals surface area (Å²) in [5, 5.41) is 10.6. The Morgan fingerprint density at radius 3 is 2.47 bits per heavy atom. The Hall–Kier alpha value is -2.08. The lowest BCUT2D eigenvalue weighted by atomic mass is 10.2. The van der Waals surface area contributed by atoms with Gasteiger partial charge in [-0.05, 0) is 24.3 Å². The van der Waals surface area contributed by atoms with Gasteiger partial charge in [-0.25, -0.2) is 0 Å². The third-order valence-corrected chi connectivity index (χ3v) is 2.28. The lowest BCUT2D eigenvalue weighted by Crippen LogP contribution is -2.08. The van der Waals surface area contributed by atoms with E-state index in [-0.39, 0.29) is 6.54 Å². The molecule has 1 heterocycles. The van der Waals surface area contributed by atoms with Crippen molar-refractivity contribution < 1.29 is 4.42 Å². The summed E-state index contributed by atoms with van der Waals surface area (Å²) in [6.45, 7) is 0.244. The molecule has 0 unspecified atom stereocenters. The second kappa shape index (κ2) is 4.84. The molecule has 0 aliphatic heterocycles. The van der Waals surface area contributed by atoms with Crippen LogP contribution in [0.5, 0.6) is 0 Å². The fraction of sp³-hybridized carbons (Fsp3) is 0.273. The molecule has 0 aliphatic carbocycles. The van der Waals surface area contributed by atoms with Crippen LogP contribution >= 0.6 is 0 Å². The molecule has 0 aliphatic rings. The number of hydrogen-bond donors (Lipinski definition) is 2. The van der Waals surface area contributed by atoms with E-state index in [0.717, 1.165) is 11.4 Å². The van der Waals surface area contributed by atoms with Crippen molar-refractivity contribution >= 4 is 17.4 Å². The topological polar surface area (TPSA) is 80.2 Å². The third kappa shape index (κ3) is 2.73. The maximum absolute atomic E-state index is 5.38. The number of nitrogens with one attached hydrogen (secondary N) is 1. The van der Waals surface area contributed by atoms with Gasteiger partial charge in [0.1, 0.15) is 0 Å². The van der Waals surface area contributed by atoms with Crippen LogP contribution in [0.3, 0.4) is 0 Å². The van der Waals surface area contributed by atoms with Gasteiger partial charge in [0.2, 0.25) is 5.89 Å². The highest BCUT2D eigenvalue weighted by molar-refractivity contribution is 5.58. The van der Waals surface area contributed by atoms with E-state index < -0.39 is 0 Å². The molecule has 0 atom stereocenters. The Labute approximate surface area is 99.4 Å². The van der Waals surface area contributed by atoms with Crippen molar-refractivity contribution in [3.05, 3.63) is 30.2 Å². The molecule has 1 aromatic carbocycles. The van der Waals surface area contributed by atoms with Crippen molar-refractivity contribution in [1.82, 2.24) is 10.2 Å².